The number of benzene rings is 2. The Morgan fingerprint density at radius 2 is 1.84 bits per heavy atom. The van der Waals surface area contributed by atoms with E-state index in [1.54, 1.807) is 6.07 Å². The predicted molar refractivity (Wildman–Crippen MR) is 92.7 cm³/mol. The highest BCUT2D eigenvalue weighted by Gasteiger charge is 2.71. The van der Waals surface area contributed by atoms with Crippen LogP contribution < -0.4 is 4.74 Å². The topological polar surface area (TPSA) is 52.6 Å². The second-order valence-corrected chi connectivity index (χ2v) is 7.20. The lowest BCUT2D eigenvalue weighted by molar-refractivity contribution is -0.168. The van der Waals surface area contributed by atoms with Crippen molar-refractivity contribution in [3.05, 3.63) is 64.7 Å². The van der Waals surface area contributed by atoms with Crippen LogP contribution in [0.25, 0.3) is 0 Å². The van der Waals surface area contributed by atoms with Gasteiger partial charge in [0.25, 0.3) is 0 Å². The zero-order chi connectivity index (χ0) is 18.0. The molecule has 2 aliphatic rings. The third-order valence-corrected chi connectivity index (χ3v) is 5.34. The molecule has 0 spiro atoms. The van der Waals surface area contributed by atoms with Gasteiger partial charge < -0.3 is 9.47 Å². The van der Waals surface area contributed by atoms with Gasteiger partial charge >= 0.3 is 5.97 Å². The van der Waals surface area contributed by atoms with E-state index < -0.39 is 17.2 Å². The van der Waals surface area contributed by atoms with Gasteiger partial charge in [0, 0.05) is 18.1 Å². The summed E-state index contributed by atoms with van der Waals surface area (Å²) in [5.41, 5.74) is 0.502. The zero-order valence-corrected chi connectivity index (χ0v) is 14.8. The normalized spacial score (nSPS) is 26.0. The summed E-state index contributed by atoms with van der Waals surface area (Å²) in [4.78, 5) is 25.3. The fourth-order valence-corrected chi connectivity index (χ4v) is 4.11. The Morgan fingerprint density at radius 3 is 2.52 bits per heavy atom. The number of hydrogen-bond acceptors (Lipinski definition) is 4. The van der Waals surface area contributed by atoms with Crippen LogP contribution in [0.5, 0.6) is 5.75 Å². The second-order valence-electron chi connectivity index (χ2n) is 7.20. The van der Waals surface area contributed by atoms with Crippen LogP contribution in [0.15, 0.2) is 42.5 Å². The molecule has 4 rings (SSSR count). The van der Waals surface area contributed by atoms with Crippen LogP contribution in [-0.4, -0.2) is 11.8 Å². The van der Waals surface area contributed by atoms with Crippen molar-refractivity contribution in [3.63, 3.8) is 0 Å². The van der Waals surface area contributed by atoms with Gasteiger partial charge in [0.05, 0.1) is 5.56 Å². The van der Waals surface area contributed by atoms with E-state index in [-0.39, 0.29) is 5.78 Å². The van der Waals surface area contributed by atoms with Crippen LogP contribution in [0.2, 0.25) is 0 Å². The lowest BCUT2D eigenvalue weighted by Gasteiger charge is -2.34. The summed E-state index contributed by atoms with van der Waals surface area (Å²) in [6.07, 6.45) is 0. The van der Waals surface area contributed by atoms with Crippen molar-refractivity contribution in [1.82, 2.24) is 0 Å². The van der Waals surface area contributed by atoms with Crippen molar-refractivity contribution in [2.45, 2.75) is 44.8 Å². The molecule has 0 aromatic heterocycles. The molecule has 2 atom stereocenters. The number of ether oxygens (including phenoxy) is 2. The average molecular weight is 336 g/mol. The van der Waals surface area contributed by atoms with Crippen molar-refractivity contribution in [2.75, 3.05) is 0 Å². The first kappa shape index (κ1) is 15.9. The summed E-state index contributed by atoms with van der Waals surface area (Å²) in [5.74, 6) is 0.209. The number of esters is 1. The van der Waals surface area contributed by atoms with Gasteiger partial charge in [-0.3, -0.25) is 9.59 Å². The molecule has 2 aromatic rings. The lowest BCUT2D eigenvalue weighted by Crippen LogP contribution is -2.49. The molecule has 0 amide bonds. The predicted octanol–water partition coefficient (Wildman–Crippen LogP) is 4.07. The van der Waals surface area contributed by atoms with Crippen LogP contribution in [-0.2, 0) is 20.7 Å². The molecule has 0 fully saturated rings. The third kappa shape index (κ3) is 1.82. The molecule has 1 heterocycles. The molecule has 4 nitrogen and oxygen atoms in total. The number of Topliss-reactive ketones (excluding diaryl/α,β-unsaturated/α-hetero) is 1. The summed E-state index contributed by atoms with van der Waals surface area (Å²) in [6.45, 7) is 7.35. The number of carbonyl (C=O) groups is 2. The first-order valence-electron chi connectivity index (χ1n) is 8.48. The highest BCUT2D eigenvalue weighted by molar-refractivity contribution is 6.11. The minimum absolute atomic E-state index is 0.225. The van der Waals surface area contributed by atoms with Gasteiger partial charge in [-0.2, -0.15) is 0 Å². The van der Waals surface area contributed by atoms with Crippen molar-refractivity contribution < 1.29 is 19.1 Å². The fourth-order valence-electron chi connectivity index (χ4n) is 4.11. The molecular weight excluding hydrogens is 316 g/mol. The summed E-state index contributed by atoms with van der Waals surface area (Å²) in [6, 6.07) is 13.1. The van der Waals surface area contributed by atoms with Crippen LogP contribution in [0, 0.1) is 0 Å². The Bertz CT molecular complexity index is 914. The first-order valence-corrected chi connectivity index (χ1v) is 8.48. The van der Waals surface area contributed by atoms with Crippen molar-refractivity contribution >= 4 is 11.8 Å². The van der Waals surface area contributed by atoms with Crippen molar-refractivity contribution in [2.24, 2.45) is 0 Å². The van der Waals surface area contributed by atoms with Crippen LogP contribution >= 0.6 is 0 Å². The van der Waals surface area contributed by atoms with Gasteiger partial charge in [-0.15, -0.1) is 0 Å². The standard InChI is InChI=1S/C21H20O4/c1-12(2)14-9-10-17-18(11-14)25-20(4)16-8-6-5-7-15(16)19(23)21(17,20)24-13(3)22/h5-12H,1-4H3. The molecule has 128 valence electrons. The Hall–Kier alpha value is -2.62. The molecule has 0 saturated heterocycles. The molecule has 2 unspecified atom stereocenters. The van der Waals surface area contributed by atoms with Crippen molar-refractivity contribution in [3.8, 4) is 5.75 Å². The Balaban J connectivity index is 2.01. The van der Waals surface area contributed by atoms with E-state index in [1.807, 2.05) is 43.3 Å². The first-order chi connectivity index (χ1) is 11.8. The summed E-state index contributed by atoms with van der Waals surface area (Å²) in [7, 11) is 0. The molecular formula is C21H20O4. The van der Waals surface area contributed by atoms with Crippen molar-refractivity contribution in [1.29, 1.82) is 0 Å². The second kappa shape index (κ2) is 4.94. The largest absolute Gasteiger partial charge is 0.477 e. The van der Waals surface area contributed by atoms with Gasteiger partial charge in [0.2, 0.25) is 11.4 Å². The number of fused-ring (bicyclic) bond motifs is 5. The SMILES string of the molecule is CC(=O)OC12C(=O)c3ccccc3C1(C)Oc1cc(C(C)C)ccc12. The lowest BCUT2D eigenvalue weighted by atomic mass is 9.80. The van der Waals surface area contributed by atoms with E-state index in [0.29, 0.717) is 22.8 Å². The number of hydrogen-bond donors (Lipinski definition) is 0. The highest BCUT2D eigenvalue weighted by atomic mass is 16.6. The average Bonchev–Trinajstić information content (AvgIpc) is 2.92. The highest BCUT2D eigenvalue weighted by Crippen LogP contribution is 2.61. The Kier molecular flexibility index (Phi) is 3.14. The molecule has 1 aliphatic carbocycles. The van der Waals surface area contributed by atoms with Gasteiger partial charge in [-0.25, -0.2) is 0 Å². The molecule has 0 bridgehead atoms. The maximum atomic E-state index is 13.4. The van der Waals surface area contributed by atoms with E-state index in [0.717, 1.165) is 11.1 Å². The zero-order valence-electron chi connectivity index (χ0n) is 14.8. The Labute approximate surface area is 146 Å². The summed E-state index contributed by atoms with van der Waals surface area (Å²) >= 11 is 0. The monoisotopic (exact) mass is 336 g/mol. The van der Waals surface area contributed by atoms with Gasteiger partial charge in [-0.1, -0.05) is 50.2 Å². The summed E-state index contributed by atoms with van der Waals surface area (Å²) in [5, 5.41) is 0. The molecule has 0 radical (unpaired) electrons. The third-order valence-electron chi connectivity index (χ3n) is 5.34. The maximum absolute atomic E-state index is 13.4. The van der Waals surface area contributed by atoms with Crippen LogP contribution in [0.4, 0.5) is 0 Å². The van der Waals surface area contributed by atoms with Gasteiger partial charge in [-0.05, 0) is 24.5 Å². The maximum Gasteiger partial charge on any atom is 0.304 e. The molecule has 4 heteroatoms. The quantitative estimate of drug-likeness (QED) is 0.776. The smallest absolute Gasteiger partial charge is 0.304 e. The molecule has 2 aromatic carbocycles. The molecule has 0 N–H and O–H groups in total. The van der Waals surface area contributed by atoms with E-state index in [1.165, 1.54) is 6.92 Å². The Morgan fingerprint density at radius 1 is 1.12 bits per heavy atom. The van der Waals surface area contributed by atoms with E-state index in [9.17, 15) is 9.59 Å². The fraction of sp³-hybridized carbons (Fsp3) is 0.333. The minimum Gasteiger partial charge on any atom is -0.477 e. The van der Waals surface area contributed by atoms with Gasteiger partial charge in [0.1, 0.15) is 5.75 Å². The van der Waals surface area contributed by atoms with E-state index in [4.69, 9.17) is 9.47 Å². The van der Waals surface area contributed by atoms with E-state index >= 15 is 0 Å². The van der Waals surface area contributed by atoms with Gasteiger partial charge in [0.15, 0.2) is 5.60 Å². The number of carbonyl (C=O) groups excluding carboxylic acids is 2. The number of rotatable bonds is 2. The minimum atomic E-state index is -1.46. The molecule has 1 aliphatic heterocycles. The molecule has 0 saturated carbocycles. The molecule has 25 heavy (non-hydrogen) atoms. The number of ketones is 1. The van der Waals surface area contributed by atoms with Crippen LogP contribution in [0.3, 0.4) is 0 Å². The van der Waals surface area contributed by atoms with E-state index in [2.05, 4.69) is 13.8 Å². The van der Waals surface area contributed by atoms with Crippen LogP contribution in [0.1, 0.15) is 60.7 Å². The summed E-state index contributed by atoms with van der Waals surface area (Å²) < 4.78 is 12.0.